The maximum Gasteiger partial charge on any atom is 0.164 e. The molecule has 0 fully saturated rings. The molecule has 2 aromatic heterocycles. The number of carbonyl (C=O) groups excluding carboxylic acids is 1. The van der Waals surface area contributed by atoms with Crippen LogP contribution in [0.25, 0.3) is 43.0 Å². The number of ketones is 1. The second-order valence-electron chi connectivity index (χ2n) is 15.8. The molecule has 5 heteroatoms. The molecule has 0 aliphatic rings. The predicted octanol–water partition coefficient (Wildman–Crippen LogP) is 13.5. The van der Waals surface area contributed by atoms with Crippen LogP contribution >= 0.6 is 11.3 Å². The Labute approximate surface area is 319 Å². The third-order valence-electron chi connectivity index (χ3n) is 10.9. The van der Waals surface area contributed by atoms with Crippen LogP contribution in [0.4, 0.5) is 0 Å². The number of hydrogen-bond acceptors (Lipinski definition) is 4. The number of allylic oxidation sites excluding steroid dienone is 2. The molecular formula is C45H58IrNO2S-. The van der Waals surface area contributed by atoms with Crippen molar-refractivity contribution in [3.8, 4) is 11.3 Å². The average Bonchev–Trinajstić information content (AvgIpc) is 3.41. The molecule has 5 rings (SSSR count). The van der Waals surface area contributed by atoms with Gasteiger partial charge in [-0.15, -0.1) is 40.5 Å². The SMILES string of the molecule is CCC(C)(CC)C(=O)/C=C(\O)C(C)(CC)CC.Cc1c(CC(C)C)sc2c1c(-c1[c-]c3ccccc3c(C(C)(C)C)c1)nc1ccccc12.[Ir]. The number of aliphatic hydroxyl groups is 1. The molecule has 1 N–H and O–H groups in total. The fourth-order valence-corrected chi connectivity index (χ4v) is 7.95. The van der Waals surface area contributed by atoms with Crippen LogP contribution in [0.3, 0.4) is 0 Å². The number of aryl methyl sites for hydroxylation is 1. The van der Waals surface area contributed by atoms with Gasteiger partial charge in [0.2, 0.25) is 0 Å². The third kappa shape index (κ3) is 8.60. The Hall–Kier alpha value is -2.85. The van der Waals surface area contributed by atoms with Gasteiger partial charge >= 0.3 is 0 Å². The van der Waals surface area contributed by atoms with E-state index in [1.807, 2.05) is 52.9 Å². The monoisotopic (exact) mass is 869 g/mol. The Morgan fingerprint density at radius 1 is 0.880 bits per heavy atom. The van der Waals surface area contributed by atoms with Gasteiger partial charge in [-0.05, 0) is 67.4 Å². The normalized spacial score (nSPS) is 12.7. The Kier molecular flexibility index (Phi) is 13.8. The maximum absolute atomic E-state index is 12.2. The summed E-state index contributed by atoms with van der Waals surface area (Å²) >= 11 is 1.95. The zero-order valence-corrected chi connectivity index (χ0v) is 35.6. The number of pyridine rings is 1. The molecule has 2 heterocycles. The fourth-order valence-electron chi connectivity index (χ4n) is 6.40. The summed E-state index contributed by atoms with van der Waals surface area (Å²) in [5, 5.41) is 15.1. The van der Waals surface area contributed by atoms with Crippen LogP contribution in [-0.2, 0) is 36.7 Å². The number of rotatable bonds is 10. The second-order valence-corrected chi connectivity index (χ2v) is 16.9. The number of fused-ring (bicyclic) bond motifs is 4. The minimum absolute atomic E-state index is 0. The molecule has 50 heavy (non-hydrogen) atoms. The van der Waals surface area contributed by atoms with E-state index in [9.17, 15) is 9.90 Å². The maximum atomic E-state index is 12.2. The van der Waals surface area contributed by atoms with Crippen molar-refractivity contribution in [3.05, 3.63) is 88.5 Å². The number of para-hydroxylation sites is 1. The number of nitrogens with zero attached hydrogens (tertiary/aromatic N) is 1. The van der Waals surface area contributed by atoms with E-state index in [-0.39, 0.29) is 47.9 Å². The zero-order valence-electron chi connectivity index (χ0n) is 32.4. The molecule has 0 spiro atoms. The number of benzene rings is 3. The van der Waals surface area contributed by atoms with Crippen LogP contribution in [0.2, 0.25) is 0 Å². The number of thiophene rings is 1. The van der Waals surface area contributed by atoms with Crippen LogP contribution in [-0.4, -0.2) is 15.9 Å². The second kappa shape index (κ2) is 16.7. The molecule has 1 radical (unpaired) electrons. The quantitative estimate of drug-likeness (QED) is 0.0864. The fraction of sp³-hybridized carbons (Fsp3) is 0.467. The van der Waals surface area contributed by atoms with E-state index >= 15 is 0 Å². The molecule has 0 unspecified atom stereocenters. The van der Waals surface area contributed by atoms with Gasteiger partial charge in [-0.2, -0.15) is 0 Å². The average molecular weight is 869 g/mol. The van der Waals surface area contributed by atoms with Gasteiger partial charge in [0, 0.05) is 57.7 Å². The van der Waals surface area contributed by atoms with Gasteiger partial charge in [-0.3, -0.25) is 9.78 Å². The smallest absolute Gasteiger partial charge is 0.164 e. The molecule has 0 bridgehead atoms. The summed E-state index contributed by atoms with van der Waals surface area (Å²) in [6, 6.07) is 23.3. The Bertz CT molecular complexity index is 1970. The van der Waals surface area contributed by atoms with E-state index < -0.39 is 0 Å². The van der Waals surface area contributed by atoms with E-state index in [1.165, 1.54) is 42.9 Å². The van der Waals surface area contributed by atoms with Crippen LogP contribution in [0, 0.1) is 29.7 Å². The van der Waals surface area contributed by atoms with E-state index in [4.69, 9.17) is 4.98 Å². The van der Waals surface area contributed by atoms with E-state index in [0.29, 0.717) is 5.92 Å². The molecule has 0 aliphatic heterocycles. The number of aliphatic hydroxyl groups excluding tert-OH is 1. The molecule has 0 saturated carbocycles. The van der Waals surface area contributed by atoms with Crippen molar-refractivity contribution in [2.24, 2.45) is 16.7 Å². The predicted molar refractivity (Wildman–Crippen MR) is 214 cm³/mol. The van der Waals surface area contributed by atoms with Crippen molar-refractivity contribution in [1.29, 1.82) is 0 Å². The summed E-state index contributed by atoms with van der Waals surface area (Å²) < 4.78 is 1.36. The molecule has 271 valence electrons. The van der Waals surface area contributed by atoms with E-state index in [2.05, 4.69) is 102 Å². The molecular weight excluding hydrogens is 811 g/mol. The standard InChI is InChI=1S/C30H30NS.C15H28O2.Ir/c1-18(2)15-26-19(3)27-28(31-25-14-10-9-13-23(25)29(27)32-26)21-16-20-11-7-8-12-22(20)24(17-21)30(4,5)6;1-7-14(5,8-2)12(16)11-13(17)15(6,9-3)10-4;/h7-14,17-18H,15H2,1-6H3;11,16H,7-10H2,1-6H3;/q-1;;/b;12-11-;. The van der Waals surface area contributed by atoms with Gasteiger partial charge < -0.3 is 5.11 Å². The largest absolute Gasteiger partial charge is 0.512 e. The topological polar surface area (TPSA) is 50.2 Å². The van der Waals surface area contributed by atoms with Crippen molar-refractivity contribution in [3.63, 3.8) is 0 Å². The first-order chi connectivity index (χ1) is 23.0. The molecule has 3 aromatic carbocycles. The first-order valence-corrected chi connectivity index (χ1v) is 19.1. The minimum Gasteiger partial charge on any atom is -0.512 e. The van der Waals surface area contributed by atoms with Crippen LogP contribution in [0.5, 0.6) is 0 Å². The summed E-state index contributed by atoms with van der Waals surface area (Å²) in [6.07, 6.45) is 5.86. The van der Waals surface area contributed by atoms with Gasteiger partial charge in [0.15, 0.2) is 5.78 Å². The Morgan fingerprint density at radius 2 is 1.44 bits per heavy atom. The van der Waals surface area contributed by atoms with E-state index in [1.54, 1.807) is 0 Å². The van der Waals surface area contributed by atoms with Crippen molar-refractivity contribution in [1.82, 2.24) is 4.98 Å². The number of aromatic nitrogens is 1. The van der Waals surface area contributed by atoms with Gasteiger partial charge in [0.25, 0.3) is 0 Å². The molecule has 0 amide bonds. The minimum atomic E-state index is -0.337. The first-order valence-electron chi connectivity index (χ1n) is 18.3. The summed E-state index contributed by atoms with van der Waals surface area (Å²) in [5.41, 5.74) is 5.39. The summed E-state index contributed by atoms with van der Waals surface area (Å²) in [4.78, 5) is 18.9. The van der Waals surface area contributed by atoms with E-state index in [0.717, 1.165) is 54.3 Å². The Morgan fingerprint density at radius 3 is 2.00 bits per heavy atom. The van der Waals surface area contributed by atoms with Crippen LogP contribution in [0.15, 0.2) is 66.4 Å². The van der Waals surface area contributed by atoms with Gasteiger partial charge in [0.1, 0.15) is 5.76 Å². The van der Waals surface area contributed by atoms with Crippen molar-refractivity contribution < 1.29 is 30.0 Å². The zero-order chi connectivity index (χ0) is 36.3. The molecule has 5 aromatic rings. The first kappa shape index (κ1) is 41.6. The summed E-state index contributed by atoms with van der Waals surface area (Å²) in [6.45, 7) is 25.8. The summed E-state index contributed by atoms with van der Waals surface area (Å²) in [5.74, 6) is 0.915. The van der Waals surface area contributed by atoms with Crippen LogP contribution < -0.4 is 0 Å². The molecule has 0 aliphatic carbocycles. The molecule has 0 atom stereocenters. The van der Waals surface area contributed by atoms with Crippen molar-refractivity contribution in [2.45, 2.75) is 121 Å². The van der Waals surface area contributed by atoms with Crippen LogP contribution in [0.1, 0.15) is 118 Å². The number of hydrogen-bond donors (Lipinski definition) is 1. The van der Waals surface area contributed by atoms with Crippen molar-refractivity contribution in [2.75, 3.05) is 0 Å². The number of carbonyl (C=O) groups is 1. The summed E-state index contributed by atoms with van der Waals surface area (Å²) in [7, 11) is 0. The van der Waals surface area contributed by atoms with Gasteiger partial charge in [-0.25, -0.2) is 0 Å². The third-order valence-corrected chi connectivity index (χ3v) is 12.2. The van der Waals surface area contributed by atoms with Gasteiger partial charge in [0.05, 0.1) is 5.52 Å². The molecule has 0 saturated heterocycles. The molecule has 3 nitrogen and oxygen atoms in total. The van der Waals surface area contributed by atoms with Gasteiger partial charge in [-0.1, -0.05) is 124 Å². The Balaban J connectivity index is 0.000000323. The van der Waals surface area contributed by atoms with Crippen molar-refractivity contribution >= 4 is 48.9 Å².